The van der Waals surface area contributed by atoms with Gasteiger partial charge in [0.05, 0.1) is 24.2 Å². The first-order valence-electron chi connectivity index (χ1n) is 6.76. The Balaban J connectivity index is 1.90. The molecule has 0 aliphatic carbocycles. The van der Waals surface area contributed by atoms with Gasteiger partial charge in [-0.25, -0.2) is 8.42 Å². The van der Waals surface area contributed by atoms with Gasteiger partial charge in [0, 0.05) is 5.69 Å². The van der Waals surface area contributed by atoms with Crippen molar-refractivity contribution >= 4 is 21.4 Å². The SMILES string of the molecule is COc1cccc(CS(=O)(=O)c2ccc3c(c2)CC(=O)N3)c1. The van der Waals surface area contributed by atoms with E-state index in [0.717, 1.165) is 5.56 Å². The molecule has 0 unspecified atom stereocenters. The van der Waals surface area contributed by atoms with Crippen LogP contribution in [0.15, 0.2) is 47.4 Å². The first-order chi connectivity index (χ1) is 10.5. The van der Waals surface area contributed by atoms with E-state index in [1.54, 1.807) is 36.4 Å². The van der Waals surface area contributed by atoms with Gasteiger partial charge in [0.25, 0.3) is 0 Å². The van der Waals surface area contributed by atoms with Gasteiger partial charge < -0.3 is 10.1 Å². The number of fused-ring (bicyclic) bond motifs is 1. The molecule has 0 atom stereocenters. The molecular formula is C16H15NO4S. The Morgan fingerprint density at radius 3 is 2.77 bits per heavy atom. The lowest BCUT2D eigenvalue weighted by molar-refractivity contribution is -0.115. The molecule has 0 saturated heterocycles. The largest absolute Gasteiger partial charge is 0.497 e. The summed E-state index contributed by atoms with van der Waals surface area (Å²) >= 11 is 0. The maximum Gasteiger partial charge on any atom is 0.228 e. The second kappa shape index (κ2) is 5.46. The molecule has 5 nitrogen and oxygen atoms in total. The number of hydrogen-bond donors (Lipinski definition) is 1. The Morgan fingerprint density at radius 2 is 2.00 bits per heavy atom. The van der Waals surface area contributed by atoms with Gasteiger partial charge in [0.1, 0.15) is 5.75 Å². The second-order valence-electron chi connectivity index (χ2n) is 5.15. The van der Waals surface area contributed by atoms with Crippen LogP contribution in [0.2, 0.25) is 0 Å². The number of anilines is 1. The number of amides is 1. The summed E-state index contributed by atoms with van der Waals surface area (Å²) in [6.45, 7) is 0. The molecule has 114 valence electrons. The van der Waals surface area contributed by atoms with E-state index in [1.165, 1.54) is 13.2 Å². The van der Waals surface area contributed by atoms with Crippen molar-refractivity contribution in [2.45, 2.75) is 17.1 Å². The van der Waals surface area contributed by atoms with Crippen LogP contribution in [0.3, 0.4) is 0 Å². The summed E-state index contributed by atoms with van der Waals surface area (Å²) in [5.74, 6) is 0.401. The van der Waals surface area contributed by atoms with Crippen LogP contribution in [0.1, 0.15) is 11.1 Å². The van der Waals surface area contributed by atoms with Crippen LogP contribution >= 0.6 is 0 Å². The fraction of sp³-hybridized carbons (Fsp3) is 0.188. The Morgan fingerprint density at radius 1 is 1.18 bits per heavy atom. The summed E-state index contributed by atoms with van der Waals surface area (Å²) < 4.78 is 30.2. The Labute approximate surface area is 128 Å². The minimum absolute atomic E-state index is 0.107. The van der Waals surface area contributed by atoms with Crippen molar-refractivity contribution in [3.8, 4) is 5.75 Å². The van der Waals surface area contributed by atoms with Crippen molar-refractivity contribution in [1.82, 2.24) is 0 Å². The maximum absolute atomic E-state index is 12.5. The van der Waals surface area contributed by atoms with E-state index >= 15 is 0 Å². The molecule has 3 rings (SSSR count). The van der Waals surface area contributed by atoms with Gasteiger partial charge in [-0.1, -0.05) is 12.1 Å². The molecule has 0 aromatic heterocycles. The van der Waals surface area contributed by atoms with E-state index in [-0.39, 0.29) is 23.0 Å². The molecule has 6 heteroatoms. The fourth-order valence-electron chi connectivity index (χ4n) is 2.46. The highest BCUT2D eigenvalue weighted by Gasteiger charge is 2.22. The molecular weight excluding hydrogens is 302 g/mol. The van der Waals surface area contributed by atoms with Crippen molar-refractivity contribution in [3.05, 3.63) is 53.6 Å². The molecule has 1 heterocycles. The van der Waals surface area contributed by atoms with Crippen LogP contribution in [0.4, 0.5) is 5.69 Å². The molecule has 0 radical (unpaired) electrons. The highest BCUT2D eigenvalue weighted by Crippen LogP contribution is 2.27. The molecule has 1 aliphatic rings. The van der Waals surface area contributed by atoms with Crippen molar-refractivity contribution in [2.24, 2.45) is 0 Å². The summed E-state index contributed by atoms with van der Waals surface area (Å²) in [6, 6.07) is 11.7. The van der Waals surface area contributed by atoms with E-state index in [4.69, 9.17) is 4.74 Å². The van der Waals surface area contributed by atoms with Gasteiger partial charge in [-0.05, 0) is 41.5 Å². The quantitative estimate of drug-likeness (QED) is 0.938. The summed E-state index contributed by atoms with van der Waals surface area (Å²) in [5.41, 5.74) is 2.07. The lowest BCUT2D eigenvalue weighted by atomic mass is 10.2. The topological polar surface area (TPSA) is 72.5 Å². The van der Waals surface area contributed by atoms with Crippen LogP contribution in [0, 0.1) is 0 Å². The third-order valence-corrected chi connectivity index (χ3v) is 5.24. The number of carbonyl (C=O) groups is 1. The van der Waals surface area contributed by atoms with Crippen molar-refractivity contribution in [2.75, 3.05) is 12.4 Å². The zero-order valence-electron chi connectivity index (χ0n) is 12.0. The molecule has 22 heavy (non-hydrogen) atoms. The average Bonchev–Trinajstić information content (AvgIpc) is 2.86. The summed E-state index contributed by atoms with van der Waals surface area (Å²) in [6.07, 6.45) is 0.220. The standard InChI is InChI=1S/C16H15NO4S/c1-21-13-4-2-3-11(7-13)10-22(19,20)14-5-6-15-12(8-14)9-16(18)17-15/h2-8H,9-10H2,1H3,(H,17,18). The predicted molar refractivity (Wildman–Crippen MR) is 82.7 cm³/mol. The fourth-order valence-corrected chi connectivity index (χ4v) is 3.85. The van der Waals surface area contributed by atoms with Crippen molar-refractivity contribution in [1.29, 1.82) is 0 Å². The Kier molecular flexibility index (Phi) is 3.62. The third kappa shape index (κ3) is 2.82. The van der Waals surface area contributed by atoms with E-state index in [1.807, 2.05) is 0 Å². The lowest BCUT2D eigenvalue weighted by Gasteiger charge is -2.08. The molecule has 0 fully saturated rings. The number of ether oxygens (including phenoxy) is 1. The van der Waals surface area contributed by atoms with Crippen LogP contribution in [0.25, 0.3) is 0 Å². The van der Waals surface area contributed by atoms with Crippen molar-refractivity contribution in [3.63, 3.8) is 0 Å². The number of nitrogens with one attached hydrogen (secondary N) is 1. The van der Waals surface area contributed by atoms with Crippen LogP contribution in [0.5, 0.6) is 5.75 Å². The predicted octanol–water partition coefficient (Wildman–Crippen LogP) is 2.16. The van der Waals surface area contributed by atoms with Gasteiger partial charge in [-0.3, -0.25) is 4.79 Å². The normalized spacial score (nSPS) is 13.6. The first kappa shape index (κ1) is 14.6. The van der Waals surface area contributed by atoms with Gasteiger partial charge in [-0.15, -0.1) is 0 Å². The van der Waals surface area contributed by atoms with E-state index in [0.29, 0.717) is 17.0 Å². The second-order valence-corrected chi connectivity index (χ2v) is 7.14. The van der Waals surface area contributed by atoms with E-state index in [9.17, 15) is 13.2 Å². The first-order valence-corrected chi connectivity index (χ1v) is 8.41. The molecule has 0 saturated carbocycles. The average molecular weight is 317 g/mol. The summed E-state index contributed by atoms with van der Waals surface area (Å²) in [4.78, 5) is 11.6. The number of hydrogen-bond acceptors (Lipinski definition) is 4. The Bertz CT molecular complexity index is 843. The molecule has 0 spiro atoms. The number of sulfone groups is 1. The van der Waals surface area contributed by atoms with Gasteiger partial charge >= 0.3 is 0 Å². The highest BCUT2D eigenvalue weighted by atomic mass is 32.2. The third-order valence-electron chi connectivity index (χ3n) is 3.55. The van der Waals surface area contributed by atoms with Crippen LogP contribution in [-0.2, 0) is 26.8 Å². The molecule has 2 aromatic rings. The molecule has 2 aromatic carbocycles. The zero-order chi connectivity index (χ0) is 15.7. The van der Waals surface area contributed by atoms with Crippen LogP contribution in [-0.4, -0.2) is 21.4 Å². The number of carbonyl (C=O) groups excluding carboxylic acids is 1. The minimum atomic E-state index is -3.47. The molecule has 1 N–H and O–H groups in total. The van der Waals surface area contributed by atoms with Gasteiger partial charge in [0.15, 0.2) is 9.84 Å². The number of rotatable bonds is 4. The van der Waals surface area contributed by atoms with E-state index < -0.39 is 9.84 Å². The summed E-state index contributed by atoms with van der Waals surface area (Å²) in [5, 5.41) is 2.69. The lowest BCUT2D eigenvalue weighted by Crippen LogP contribution is -2.05. The monoisotopic (exact) mass is 317 g/mol. The van der Waals surface area contributed by atoms with Crippen molar-refractivity contribution < 1.29 is 17.9 Å². The maximum atomic E-state index is 12.5. The minimum Gasteiger partial charge on any atom is -0.497 e. The Hall–Kier alpha value is -2.34. The molecule has 1 aliphatic heterocycles. The molecule has 0 bridgehead atoms. The summed E-state index contributed by atoms with van der Waals surface area (Å²) in [7, 11) is -1.93. The number of methoxy groups -OCH3 is 1. The van der Waals surface area contributed by atoms with Gasteiger partial charge in [0.2, 0.25) is 5.91 Å². The highest BCUT2D eigenvalue weighted by molar-refractivity contribution is 7.90. The number of benzene rings is 2. The molecule has 1 amide bonds. The van der Waals surface area contributed by atoms with E-state index in [2.05, 4.69) is 5.32 Å². The smallest absolute Gasteiger partial charge is 0.228 e. The van der Waals surface area contributed by atoms with Crippen LogP contribution < -0.4 is 10.1 Å². The van der Waals surface area contributed by atoms with Gasteiger partial charge in [-0.2, -0.15) is 0 Å². The zero-order valence-corrected chi connectivity index (χ0v) is 12.8.